The Morgan fingerprint density at radius 1 is 1.10 bits per heavy atom. The molecule has 0 spiro atoms. The molecule has 1 amide bonds. The monoisotopic (exact) mass is 273 g/mol. The average molecular weight is 273 g/mol. The first-order valence-electron chi connectivity index (χ1n) is 6.31. The molecule has 0 atom stereocenters. The van der Waals surface area contributed by atoms with Crippen molar-refractivity contribution >= 4 is 11.7 Å². The lowest BCUT2D eigenvalue weighted by Gasteiger charge is -2.04. The quantitative estimate of drug-likeness (QED) is 0.759. The van der Waals surface area contributed by atoms with E-state index in [4.69, 9.17) is 0 Å². The standard InChI is InChI=1S/C14H15N3O3/c18-12(8-4-7-10-5-2-1-3-6-10)15-11-9-13(19)17-14(20)16-11/h1-3,5-6,9H,4,7-8H2,(H3,15,16,17,18,19,20). The molecular formula is C14H15N3O3. The summed E-state index contributed by atoms with van der Waals surface area (Å²) in [6.45, 7) is 0. The molecule has 2 rings (SSSR count). The van der Waals surface area contributed by atoms with Crippen molar-refractivity contribution in [2.24, 2.45) is 0 Å². The normalized spacial score (nSPS) is 10.2. The smallest absolute Gasteiger partial charge is 0.312 e. The maximum atomic E-state index is 11.7. The van der Waals surface area contributed by atoms with Crippen molar-refractivity contribution in [3.05, 3.63) is 62.8 Å². The highest BCUT2D eigenvalue weighted by atomic mass is 16.2. The molecule has 0 aliphatic heterocycles. The van der Waals surface area contributed by atoms with E-state index < -0.39 is 11.2 Å². The average Bonchev–Trinajstić information content (AvgIpc) is 2.38. The summed E-state index contributed by atoms with van der Waals surface area (Å²) in [6.07, 6.45) is 1.83. The molecule has 6 heteroatoms. The van der Waals surface area contributed by atoms with Crippen LogP contribution in [0.15, 0.2) is 46.0 Å². The molecule has 0 fully saturated rings. The van der Waals surface area contributed by atoms with Gasteiger partial charge in [-0.3, -0.25) is 19.6 Å². The number of hydrogen-bond acceptors (Lipinski definition) is 3. The van der Waals surface area contributed by atoms with Gasteiger partial charge in [-0.05, 0) is 18.4 Å². The number of aromatic amines is 2. The minimum absolute atomic E-state index is 0.114. The highest BCUT2D eigenvalue weighted by molar-refractivity contribution is 5.89. The summed E-state index contributed by atoms with van der Waals surface area (Å²) in [5.74, 6) is -0.120. The molecule has 1 heterocycles. The molecule has 1 aromatic heterocycles. The van der Waals surface area contributed by atoms with Crippen LogP contribution < -0.4 is 16.6 Å². The zero-order valence-electron chi connectivity index (χ0n) is 10.8. The van der Waals surface area contributed by atoms with Crippen LogP contribution in [0.4, 0.5) is 5.82 Å². The molecule has 6 nitrogen and oxygen atoms in total. The van der Waals surface area contributed by atoms with Gasteiger partial charge in [0, 0.05) is 12.5 Å². The molecule has 104 valence electrons. The van der Waals surface area contributed by atoms with Crippen molar-refractivity contribution in [2.45, 2.75) is 19.3 Å². The van der Waals surface area contributed by atoms with Gasteiger partial charge in [-0.2, -0.15) is 0 Å². The summed E-state index contributed by atoms with van der Waals surface area (Å²) in [5.41, 5.74) is -0.0183. The van der Waals surface area contributed by atoms with Crippen molar-refractivity contribution in [3.63, 3.8) is 0 Å². The Morgan fingerprint density at radius 3 is 2.55 bits per heavy atom. The van der Waals surface area contributed by atoms with Crippen LogP contribution in [0.25, 0.3) is 0 Å². The molecule has 0 aliphatic carbocycles. The second-order valence-electron chi connectivity index (χ2n) is 4.39. The van der Waals surface area contributed by atoms with Gasteiger partial charge in [0.05, 0.1) is 0 Å². The van der Waals surface area contributed by atoms with Crippen LogP contribution in [0, 0.1) is 0 Å². The summed E-state index contributed by atoms with van der Waals surface area (Å²) in [7, 11) is 0. The van der Waals surface area contributed by atoms with Crippen molar-refractivity contribution in [1.29, 1.82) is 0 Å². The van der Waals surface area contributed by atoms with E-state index in [-0.39, 0.29) is 11.7 Å². The highest BCUT2D eigenvalue weighted by Crippen LogP contribution is 2.05. The Balaban J connectivity index is 1.84. The molecule has 0 saturated heterocycles. The first-order valence-corrected chi connectivity index (χ1v) is 6.31. The van der Waals surface area contributed by atoms with E-state index in [0.717, 1.165) is 12.5 Å². The second-order valence-corrected chi connectivity index (χ2v) is 4.39. The van der Waals surface area contributed by atoms with E-state index in [0.29, 0.717) is 12.8 Å². The number of amides is 1. The fraction of sp³-hybridized carbons (Fsp3) is 0.214. The number of anilines is 1. The number of H-pyrrole nitrogens is 2. The lowest BCUT2D eigenvalue weighted by Crippen LogP contribution is -2.24. The van der Waals surface area contributed by atoms with Crippen LogP contribution >= 0.6 is 0 Å². The molecule has 0 radical (unpaired) electrons. The highest BCUT2D eigenvalue weighted by Gasteiger charge is 2.04. The minimum atomic E-state index is -0.642. The zero-order chi connectivity index (χ0) is 14.4. The van der Waals surface area contributed by atoms with E-state index >= 15 is 0 Å². The van der Waals surface area contributed by atoms with Crippen LogP contribution in [0.1, 0.15) is 18.4 Å². The number of nitrogens with one attached hydrogen (secondary N) is 3. The van der Waals surface area contributed by atoms with Gasteiger partial charge >= 0.3 is 5.69 Å². The number of rotatable bonds is 5. The molecule has 0 saturated carbocycles. The van der Waals surface area contributed by atoms with Crippen LogP contribution in [0.2, 0.25) is 0 Å². The number of aromatic nitrogens is 2. The summed E-state index contributed by atoms with van der Waals surface area (Å²) >= 11 is 0. The molecule has 20 heavy (non-hydrogen) atoms. The largest absolute Gasteiger partial charge is 0.327 e. The van der Waals surface area contributed by atoms with E-state index in [1.807, 2.05) is 35.3 Å². The molecule has 3 N–H and O–H groups in total. The lowest BCUT2D eigenvalue weighted by molar-refractivity contribution is -0.116. The zero-order valence-corrected chi connectivity index (χ0v) is 10.8. The maximum Gasteiger partial charge on any atom is 0.327 e. The Labute approximate surface area is 114 Å². The summed E-state index contributed by atoms with van der Waals surface area (Å²) in [4.78, 5) is 38.1. The number of carbonyl (C=O) groups is 1. The Bertz CT molecular complexity index is 660. The van der Waals surface area contributed by atoms with Crippen LogP contribution in [0.3, 0.4) is 0 Å². The number of hydrogen-bond donors (Lipinski definition) is 3. The van der Waals surface area contributed by atoms with Gasteiger partial charge in [-0.25, -0.2) is 4.79 Å². The van der Waals surface area contributed by atoms with Gasteiger partial charge in [-0.15, -0.1) is 0 Å². The van der Waals surface area contributed by atoms with E-state index in [2.05, 4.69) is 10.3 Å². The predicted octanol–water partition coefficient (Wildman–Crippen LogP) is 1.02. The van der Waals surface area contributed by atoms with Crippen LogP contribution in [-0.4, -0.2) is 15.9 Å². The van der Waals surface area contributed by atoms with Gasteiger partial charge in [0.2, 0.25) is 5.91 Å². The van der Waals surface area contributed by atoms with E-state index in [1.54, 1.807) is 0 Å². The Hall–Kier alpha value is -2.63. The third-order valence-electron chi connectivity index (χ3n) is 2.75. The molecule has 0 unspecified atom stereocenters. The number of benzene rings is 1. The summed E-state index contributed by atoms with van der Waals surface area (Å²) in [5, 5.41) is 2.50. The third kappa shape index (κ3) is 4.24. The fourth-order valence-corrected chi connectivity index (χ4v) is 1.85. The summed E-state index contributed by atoms with van der Waals surface area (Å²) < 4.78 is 0. The molecular weight excluding hydrogens is 258 g/mol. The van der Waals surface area contributed by atoms with Gasteiger partial charge in [0.1, 0.15) is 5.82 Å². The minimum Gasteiger partial charge on any atom is -0.312 e. The van der Waals surface area contributed by atoms with Gasteiger partial charge in [0.25, 0.3) is 5.56 Å². The SMILES string of the molecule is O=C(CCCc1ccccc1)Nc1cc(=O)[nH]c(=O)[nH]1. The first-order chi connectivity index (χ1) is 9.63. The summed E-state index contributed by atoms with van der Waals surface area (Å²) in [6, 6.07) is 11.0. The van der Waals surface area contributed by atoms with E-state index in [1.165, 1.54) is 5.56 Å². The first kappa shape index (κ1) is 13.8. The van der Waals surface area contributed by atoms with Crippen molar-refractivity contribution in [2.75, 3.05) is 5.32 Å². The molecule has 0 bridgehead atoms. The van der Waals surface area contributed by atoms with Crippen molar-refractivity contribution in [3.8, 4) is 0 Å². The third-order valence-corrected chi connectivity index (χ3v) is 2.75. The molecule has 0 aliphatic rings. The maximum absolute atomic E-state index is 11.7. The number of aryl methyl sites for hydroxylation is 1. The molecule has 1 aromatic carbocycles. The van der Waals surface area contributed by atoms with Gasteiger partial charge in [0.15, 0.2) is 0 Å². The number of carbonyl (C=O) groups excluding carboxylic acids is 1. The lowest BCUT2D eigenvalue weighted by atomic mass is 10.1. The Kier molecular flexibility index (Phi) is 4.49. The topological polar surface area (TPSA) is 94.8 Å². The predicted molar refractivity (Wildman–Crippen MR) is 75.7 cm³/mol. The molecule has 2 aromatic rings. The van der Waals surface area contributed by atoms with Crippen LogP contribution in [-0.2, 0) is 11.2 Å². The van der Waals surface area contributed by atoms with Crippen molar-refractivity contribution < 1.29 is 4.79 Å². The second kappa shape index (κ2) is 6.51. The fourth-order valence-electron chi connectivity index (χ4n) is 1.85. The van der Waals surface area contributed by atoms with Crippen molar-refractivity contribution in [1.82, 2.24) is 9.97 Å². The van der Waals surface area contributed by atoms with Gasteiger partial charge < -0.3 is 5.32 Å². The Morgan fingerprint density at radius 2 is 1.85 bits per heavy atom. The van der Waals surface area contributed by atoms with Gasteiger partial charge in [-0.1, -0.05) is 30.3 Å². The van der Waals surface area contributed by atoms with Crippen LogP contribution in [0.5, 0.6) is 0 Å². The van der Waals surface area contributed by atoms with E-state index in [9.17, 15) is 14.4 Å².